The van der Waals surface area contributed by atoms with Crippen LogP contribution in [0.3, 0.4) is 0 Å². The van der Waals surface area contributed by atoms with E-state index in [0.717, 1.165) is 31.6 Å². The third-order valence-corrected chi connectivity index (χ3v) is 4.62. The molecule has 1 aromatic rings. The number of aliphatic hydroxyl groups is 1. The molecule has 3 N–H and O–H groups in total. The first kappa shape index (κ1) is 12.8. The second-order valence-electron chi connectivity index (χ2n) is 5.50. The number of rotatable bonds is 2. The molecule has 3 unspecified atom stereocenters. The van der Waals surface area contributed by atoms with Gasteiger partial charge in [0.15, 0.2) is 0 Å². The van der Waals surface area contributed by atoms with Gasteiger partial charge in [-0.05, 0) is 37.0 Å². The van der Waals surface area contributed by atoms with Gasteiger partial charge in [-0.3, -0.25) is 0 Å². The molecule has 0 radical (unpaired) electrons. The minimum absolute atomic E-state index is 0.0813. The van der Waals surface area contributed by atoms with Crippen molar-refractivity contribution in [2.75, 3.05) is 18.0 Å². The molecule has 1 aliphatic carbocycles. The van der Waals surface area contributed by atoms with Crippen LogP contribution in [-0.4, -0.2) is 29.3 Å². The summed E-state index contributed by atoms with van der Waals surface area (Å²) in [4.78, 5) is 2.22. The minimum atomic E-state index is -0.373. The highest BCUT2D eigenvalue weighted by Gasteiger charge is 2.41. The summed E-state index contributed by atoms with van der Waals surface area (Å²) in [6.07, 6.45) is 1.77. The van der Waals surface area contributed by atoms with Crippen LogP contribution in [0.4, 0.5) is 10.1 Å². The predicted molar refractivity (Wildman–Crippen MR) is 76.7 cm³/mol. The maximum Gasteiger partial charge on any atom is 0.135 e. The smallest absolute Gasteiger partial charge is 0.135 e. The lowest BCUT2D eigenvalue weighted by Gasteiger charge is -2.21. The molecule has 3 atom stereocenters. The van der Waals surface area contributed by atoms with E-state index in [0.29, 0.717) is 11.8 Å². The summed E-state index contributed by atoms with van der Waals surface area (Å²) >= 11 is 4.80. The Hall–Kier alpha value is -1.20. The lowest BCUT2D eigenvalue weighted by atomic mass is 10.00. The molecule has 19 heavy (non-hydrogen) atoms. The maximum absolute atomic E-state index is 13.9. The molecule has 1 aliphatic heterocycles. The van der Waals surface area contributed by atoms with Crippen LogP contribution < -0.4 is 10.6 Å². The maximum atomic E-state index is 13.9. The molecule has 5 heteroatoms. The van der Waals surface area contributed by atoms with Gasteiger partial charge in [0.1, 0.15) is 10.8 Å². The molecule has 102 valence electrons. The standard InChI is InChI=1S/C14H17FN2OS/c15-12-5-9(2-3-10(12)14(16)19)17-6-8-1-4-13(18)11(8)7-17/h2-3,5,8,11,13,18H,1,4,6-7H2,(H2,16,19). The van der Waals surface area contributed by atoms with Gasteiger partial charge in [0.05, 0.1) is 6.10 Å². The lowest BCUT2D eigenvalue weighted by molar-refractivity contribution is 0.133. The SMILES string of the molecule is NC(=S)c1ccc(N2CC3CCC(O)C3C2)cc1F. The number of nitrogens with zero attached hydrogens (tertiary/aromatic N) is 1. The van der Waals surface area contributed by atoms with Gasteiger partial charge in [-0.2, -0.15) is 0 Å². The van der Waals surface area contributed by atoms with Crippen LogP contribution in [0.25, 0.3) is 0 Å². The second kappa shape index (κ2) is 4.72. The molecule has 0 amide bonds. The Morgan fingerprint density at radius 2 is 2.16 bits per heavy atom. The summed E-state index contributed by atoms with van der Waals surface area (Å²) in [7, 11) is 0. The van der Waals surface area contributed by atoms with Crippen LogP contribution in [0.5, 0.6) is 0 Å². The van der Waals surface area contributed by atoms with Crippen molar-refractivity contribution in [2.45, 2.75) is 18.9 Å². The molecule has 0 aromatic heterocycles. The molecule has 3 rings (SSSR count). The van der Waals surface area contributed by atoms with Crippen molar-refractivity contribution >= 4 is 22.9 Å². The van der Waals surface area contributed by atoms with Crippen LogP contribution >= 0.6 is 12.2 Å². The van der Waals surface area contributed by atoms with E-state index in [1.165, 1.54) is 6.07 Å². The highest BCUT2D eigenvalue weighted by atomic mass is 32.1. The zero-order valence-electron chi connectivity index (χ0n) is 10.6. The van der Waals surface area contributed by atoms with Crippen LogP contribution in [-0.2, 0) is 0 Å². The largest absolute Gasteiger partial charge is 0.393 e. The zero-order valence-corrected chi connectivity index (χ0v) is 11.4. The summed E-state index contributed by atoms with van der Waals surface area (Å²) < 4.78 is 13.9. The van der Waals surface area contributed by atoms with E-state index >= 15 is 0 Å². The van der Waals surface area contributed by atoms with E-state index in [1.807, 2.05) is 6.07 Å². The third-order valence-electron chi connectivity index (χ3n) is 4.40. The van der Waals surface area contributed by atoms with Crippen molar-refractivity contribution in [1.82, 2.24) is 0 Å². The number of halogens is 1. The summed E-state index contributed by atoms with van der Waals surface area (Å²) in [6.45, 7) is 1.70. The van der Waals surface area contributed by atoms with Crippen LogP contribution in [0, 0.1) is 17.7 Å². The number of hydrogen-bond acceptors (Lipinski definition) is 3. The number of aliphatic hydroxyl groups excluding tert-OH is 1. The first-order valence-electron chi connectivity index (χ1n) is 6.58. The Kier molecular flexibility index (Phi) is 3.19. The topological polar surface area (TPSA) is 49.5 Å². The predicted octanol–water partition coefficient (Wildman–Crippen LogP) is 1.67. The fourth-order valence-corrected chi connectivity index (χ4v) is 3.51. The Morgan fingerprint density at radius 1 is 1.37 bits per heavy atom. The zero-order chi connectivity index (χ0) is 13.6. The number of benzene rings is 1. The average Bonchev–Trinajstić information content (AvgIpc) is 2.91. The van der Waals surface area contributed by atoms with E-state index in [2.05, 4.69) is 4.90 Å². The van der Waals surface area contributed by atoms with Gasteiger partial charge in [0.2, 0.25) is 0 Å². The highest BCUT2D eigenvalue weighted by Crippen LogP contribution is 2.39. The molecular weight excluding hydrogens is 263 g/mol. The van der Waals surface area contributed by atoms with Gasteiger partial charge in [-0.1, -0.05) is 12.2 Å². The Morgan fingerprint density at radius 3 is 2.79 bits per heavy atom. The first-order valence-corrected chi connectivity index (χ1v) is 6.99. The van der Waals surface area contributed by atoms with Gasteiger partial charge in [-0.15, -0.1) is 0 Å². The van der Waals surface area contributed by atoms with Gasteiger partial charge in [0, 0.05) is 30.3 Å². The fraction of sp³-hybridized carbons (Fsp3) is 0.500. The summed E-state index contributed by atoms with van der Waals surface area (Å²) in [5.41, 5.74) is 6.59. The molecule has 0 spiro atoms. The molecule has 2 fully saturated rings. The van der Waals surface area contributed by atoms with Crippen LogP contribution in [0.15, 0.2) is 18.2 Å². The van der Waals surface area contributed by atoms with Gasteiger partial charge in [-0.25, -0.2) is 4.39 Å². The van der Waals surface area contributed by atoms with E-state index in [1.54, 1.807) is 6.07 Å². The van der Waals surface area contributed by atoms with Gasteiger partial charge < -0.3 is 15.7 Å². The van der Waals surface area contributed by atoms with Crippen molar-refractivity contribution < 1.29 is 9.50 Å². The third kappa shape index (κ3) is 2.21. The highest BCUT2D eigenvalue weighted by molar-refractivity contribution is 7.80. The number of fused-ring (bicyclic) bond motifs is 1. The van der Waals surface area contributed by atoms with Crippen molar-refractivity contribution in [1.29, 1.82) is 0 Å². The van der Waals surface area contributed by atoms with Crippen molar-refractivity contribution in [2.24, 2.45) is 17.6 Å². The Bertz CT molecular complexity index is 522. The van der Waals surface area contributed by atoms with E-state index in [4.69, 9.17) is 18.0 Å². The van der Waals surface area contributed by atoms with Crippen molar-refractivity contribution in [3.05, 3.63) is 29.6 Å². The molecule has 1 saturated carbocycles. The van der Waals surface area contributed by atoms with Crippen LogP contribution in [0.2, 0.25) is 0 Å². The lowest BCUT2D eigenvalue weighted by Crippen LogP contribution is -2.24. The molecule has 1 heterocycles. The van der Waals surface area contributed by atoms with Gasteiger partial charge in [0.25, 0.3) is 0 Å². The quantitative estimate of drug-likeness (QED) is 0.809. The Labute approximate surface area is 117 Å². The summed E-state index contributed by atoms with van der Waals surface area (Å²) in [5.74, 6) is 0.495. The number of anilines is 1. The summed E-state index contributed by atoms with van der Waals surface area (Å²) in [5, 5.41) is 9.90. The minimum Gasteiger partial charge on any atom is -0.393 e. The van der Waals surface area contributed by atoms with Crippen molar-refractivity contribution in [3.8, 4) is 0 Å². The molecule has 2 aliphatic rings. The summed E-state index contributed by atoms with van der Waals surface area (Å²) in [6, 6.07) is 4.98. The molecule has 1 aromatic carbocycles. The molecule has 1 saturated heterocycles. The van der Waals surface area contributed by atoms with E-state index < -0.39 is 0 Å². The fourth-order valence-electron chi connectivity index (χ4n) is 3.35. The average molecular weight is 280 g/mol. The molecule has 3 nitrogen and oxygen atoms in total. The van der Waals surface area contributed by atoms with Crippen molar-refractivity contribution in [3.63, 3.8) is 0 Å². The van der Waals surface area contributed by atoms with Crippen LogP contribution in [0.1, 0.15) is 18.4 Å². The monoisotopic (exact) mass is 280 g/mol. The number of nitrogens with two attached hydrogens (primary N) is 1. The van der Waals surface area contributed by atoms with Gasteiger partial charge >= 0.3 is 0 Å². The first-order chi connectivity index (χ1) is 9.06. The normalized spacial score (nSPS) is 29.6. The second-order valence-corrected chi connectivity index (χ2v) is 5.94. The van der Waals surface area contributed by atoms with E-state index in [9.17, 15) is 9.50 Å². The van der Waals surface area contributed by atoms with E-state index in [-0.39, 0.29) is 22.5 Å². The Balaban J connectivity index is 1.81. The molecular formula is C14H17FN2OS. The number of thiocarbonyl (C=S) groups is 1. The number of hydrogen-bond donors (Lipinski definition) is 2. The molecule has 0 bridgehead atoms.